The van der Waals surface area contributed by atoms with Crippen LogP contribution in [0.3, 0.4) is 0 Å². The van der Waals surface area contributed by atoms with Crippen molar-refractivity contribution in [3.05, 3.63) is 59.4 Å². The predicted molar refractivity (Wildman–Crippen MR) is 115 cm³/mol. The van der Waals surface area contributed by atoms with Gasteiger partial charge in [0.1, 0.15) is 19.0 Å². The third-order valence-electron chi connectivity index (χ3n) is 5.04. The molecule has 1 aliphatic heterocycles. The van der Waals surface area contributed by atoms with E-state index in [9.17, 15) is 4.79 Å². The summed E-state index contributed by atoms with van der Waals surface area (Å²) in [4.78, 5) is 21.7. The lowest BCUT2D eigenvalue weighted by Gasteiger charge is -2.20. The monoisotopic (exact) mass is 406 g/mol. The highest BCUT2D eigenvalue weighted by Gasteiger charge is 2.20. The van der Waals surface area contributed by atoms with Crippen LogP contribution in [0.4, 0.5) is 5.69 Å². The van der Waals surface area contributed by atoms with Crippen molar-refractivity contribution in [2.24, 2.45) is 0 Å². The summed E-state index contributed by atoms with van der Waals surface area (Å²) in [6.45, 7) is 11.1. The minimum Gasteiger partial charge on any atom is -0.486 e. The summed E-state index contributed by atoms with van der Waals surface area (Å²) in [5.41, 5.74) is 3.74. The normalized spacial score (nSPS) is 13.2. The van der Waals surface area contributed by atoms with Crippen LogP contribution in [0.15, 0.2) is 36.7 Å². The van der Waals surface area contributed by atoms with Crippen LogP contribution >= 0.6 is 0 Å². The van der Waals surface area contributed by atoms with Gasteiger partial charge in [-0.1, -0.05) is 20.8 Å². The van der Waals surface area contributed by atoms with Crippen LogP contribution in [0.1, 0.15) is 48.3 Å². The van der Waals surface area contributed by atoms with E-state index < -0.39 is 0 Å². The van der Waals surface area contributed by atoms with Crippen LogP contribution < -0.4 is 14.8 Å². The molecule has 7 heteroatoms. The van der Waals surface area contributed by atoms with Crippen molar-refractivity contribution in [1.29, 1.82) is 0 Å². The maximum absolute atomic E-state index is 12.9. The summed E-state index contributed by atoms with van der Waals surface area (Å²) in [5.74, 6) is 1.99. The molecule has 0 atom stereocenters. The second kappa shape index (κ2) is 7.48. The summed E-state index contributed by atoms with van der Waals surface area (Å²) < 4.78 is 13.3. The number of anilines is 1. The summed E-state index contributed by atoms with van der Waals surface area (Å²) in [6.07, 6.45) is 3.29. The minimum absolute atomic E-state index is 0.142. The van der Waals surface area contributed by atoms with Gasteiger partial charge in [-0.25, -0.2) is 9.97 Å². The maximum atomic E-state index is 12.9. The van der Waals surface area contributed by atoms with E-state index in [4.69, 9.17) is 9.47 Å². The molecule has 0 saturated carbocycles. The van der Waals surface area contributed by atoms with Crippen LogP contribution in [0.5, 0.6) is 11.5 Å². The molecular formula is C23H26N4O3. The van der Waals surface area contributed by atoms with Gasteiger partial charge in [0.25, 0.3) is 5.91 Å². The summed E-state index contributed by atoms with van der Waals surface area (Å²) >= 11 is 0. The molecule has 3 aromatic rings. The number of nitrogens with one attached hydrogen (secondary N) is 1. The fourth-order valence-corrected chi connectivity index (χ4v) is 3.54. The molecule has 0 bridgehead atoms. The Morgan fingerprint density at radius 1 is 1.03 bits per heavy atom. The first-order valence-corrected chi connectivity index (χ1v) is 9.97. The Bertz CT molecular complexity index is 1090. The van der Waals surface area contributed by atoms with Crippen LogP contribution in [-0.4, -0.2) is 33.7 Å². The zero-order valence-corrected chi connectivity index (χ0v) is 17.9. The van der Waals surface area contributed by atoms with E-state index in [1.54, 1.807) is 12.4 Å². The number of ether oxygens (including phenoxy) is 2. The SMILES string of the molecule is Cc1cc(C(=O)Nc2cnc(C(C)(C)C)nc2)c(C)n1-c1ccc2c(c1)OCCO2. The molecule has 30 heavy (non-hydrogen) atoms. The van der Waals surface area contributed by atoms with Gasteiger partial charge < -0.3 is 19.4 Å². The second-order valence-electron chi connectivity index (χ2n) is 8.45. The molecule has 0 aliphatic carbocycles. The average molecular weight is 406 g/mol. The van der Waals surface area contributed by atoms with Gasteiger partial charge in [-0.3, -0.25) is 4.79 Å². The van der Waals surface area contributed by atoms with E-state index in [2.05, 4.69) is 15.3 Å². The van der Waals surface area contributed by atoms with Crippen molar-refractivity contribution < 1.29 is 14.3 Å². The van der Waals surface area contributed by atoms with Crippen LogP contribution in [-0.2, 0) is 5.41 Å². The first kappa shape index (κ1) is 19.9. The highest BCUT2D eigenvalue weighted by atomic mass is 16.6. The molecule has 1 aliphatic rings. The fourth-order valence-electron chi connectivity index (χ4n) is 3.54. The van der Waals surface area contributed by atoms with Crippen LogP contribution in [0.2, 0.25) is 0 Å². The van der Waals surface area contributed by atoms with E-state index in [1.807, 2.05) is 63.5 Å². The smallest absolute Gasteiger partial charge is 0.257 e. The number of hydrogen-bond donors (Lipinski definition) is 1. The fraction of sp³-hybridized carbons (Fsp3) is 0.348. The number of carbonyl (C=O) groups excluding carboxylic acids is 1. The molecule has 0 saturated heterocycles. The Morgan fingerprint density at radius 3 is 2.37 bits per heavy atom. The number of hydrogen-bond acceptors (Lipinski definition) is 5. The molecule has 7 nitrogen and oxygen atoms in total. The Morgan fingerprint density at radius 2 is 1.70 bits per heavy atom. The topological polar surface area (TPSA) is 78.3 Å². The molecule has 0 fully saturated rings. The molecule has 0 radical (unpaired) electrons. The molecule has 0 spiro atoms. The van der Waals surface area contributed by atoms with E-state index in [0.29, 0.717) is 30.2 Å². The van der Waals surface area contributed by atoms with Gasteiger partial charge in [-0.2, -0.15) is 0 Å². The molecule has 1 N–H and O–H groups in total. The lowest BCUT2D eigenvalue weighted by molar-refractivity contribution is 0.102. The van der Waals surface area contributed by atoms with Crippen molar-refractivity contribution in [3.8, 4) is 17.2 Å². The van der Waals surface area contributed by atoms with E-state index in [1.165, 1.54) is 0 Å². The van der Waals surface area contributed by atoms with Gasteiger partial charge in [-0.15, -0.1) is 0 Å². The van der Waals surface area contributed by atoms with Gasteiger partial charge in [0, 0.05) is 28.6 Å². The average Bonchev–Trinajstić information content (AvgIpc) is 3.01. The Labute approximate surface area is 176 Å². The largest absolute Gasteiger partial charge is 0.486 e. The number of aromatic nitrogens is 3. The highest BCUT2D eigenvalue weighted by Crippen LogP contribution is 2.33. The van der Waals surface area contributed by atoms with E-state index >= 15 is 0 Å². The quantitative estimate of drug-likeness (QED) is 0.705. The number of benzene rings is 1. The number of nitrogens with zero attached hydrogens (tertiary/aromatic N) is 3. The number of amides is 1. The highest BCUT2D eigenvalue weighted by molar-refractivity contribution is 6.05. The Kier molecular flexibility index (Phi) is 4.97. The zero-order valence-electron chi connectivity index (χ0n) is 17.9. The standard InChI is InChI=1S/C23H26N4O3/c1-14-10-18(21(28)26-16-12-24-22(25-13-16)23(3,4)5)15(2)27(14)17-6-7-19-20(11-17)30-9-8-29-19/h6-7,10-13H,8-9H2,1-5H3,(H,26,28). The first-order chi connectivity index (χ1) is 14.2. The van der Waals surface area contributed by atoms with Crippen molar-refractivity contribution >= 4 is 11.6 Å². The molecule has 4 rings (SSSR count). The first-order valence-electron chi connectivity index (χ1n) is 9.97. The number of carbonyl (C=O) groups is 1. The van der Waals surface area contributed by atoms with Crippen molar-refractivity contribution in [2.45, 2.75) is 40.0 Å². The molecule has 156 valence electrons. The Balaban J connectivity index is 1.59. The van der Waals surface area contributed by atoms with Crippen molar-refractivity contribution in [1.82, 2.24) is 14.5 Å². The van der Waals surface area contributed by atoms with Gasteiger partial charge >= 0.3 is 0 Å². The number of aryl methyl sites for hydroxylation is 1. The van der Waals surface area contributed by atoms with Crippen LogP contribution in [0, 0.1) is 13.8 Å². The van der Waals surface area contributed by atoms with Gasteiger partial charge in [0.2, 0.25) is 0 Å². The van der Waals surface area contributed by atoms with Gasteiger partial charge in [0.05, 0.1) is 23.6 Å². The van der Waals surface area contributed by atoms with Crippen molar-refractivity contribution in [3.63, 3.8) is 0 Å². The molecule has 1 amide bonds. The summed E-state index contributed by atoms with van der Waals surface area (Å²) in [6, 6.07) is 7.69. The van der Waals surface area contributed by atoms with Crippen molar-refractivity contribution in [2.75, 3.05) is 18.5 Å². The minimum atomic E-state index is -0.195. The van der Waals surface area contributed by atoms with E-state index in [-0.39, 0.29) is 11.3 Å². The third-order valence-corrected chi connectivity index (χ3v) is 5.04. The maximum Gasteiger partial charge on any atom is 0.257 e. The lowest BCUT2D eigenvalue weighted by Crippen LogP contribution is -2.17. The Hall–Kier alpha value is -3.35. The van der Waals surface area contributed by atoms with Crippen LogP contribution in [0.25, 0.3) is 5.69 Å². The summed E-state index contributed by atoms with van der Waals surface area (Å²) in [5, 5.41) is 2.90. The lowest BCUT2D eigenvalue weighted by atomic mass is 9.96. The number of rotatable bonds is 3. The molecular weight excluding hydrogens is 380 g/mol. The molecule has 0 unspecified atom stereocenters. The second-order valence-corrected chi connectivity index (χ2v) is 8.45. The molecule has 1 aromatic carbocycles. The molecule has 3 heterocycles. The van der Waals surface area contributed by atoms with E-state index in [0.717, 1.165) is 28.6 Å². The number of fused-ring (bicyclic) bond motifs is 1. The zero-order chi connectivity index (χ0) is 21.5. The molecule has 2 aromatic heterocycles. The summed E-state index contributed by atoms with van der Waals surface area (Å²) in [7, 11) is 0. The predicted octanol–water partition coefficient (Wildman–Crippen LogP) is 4.21. The third kappa shape index (κ3) is 3.75. The van der Waals surface area contributed by atoms with Gasteiger partial charge in [0.15, 0.2) is 11.5 Å². The van der Waals surface area contributed by atoms with Gasteiger partial charge in [-0.05, 0) is 32.0 Å².